The predicted molar refractivity (Wildman–Crippen MR) is 91.6 cm³/mol. The van der Waals surface area contributed by atoms with Gasteiger partial charge >= 0.3 is 0 Å². The molecule has 20 heavy (non-hydrogen) atoms. The van der Waals surface area contributed by atoms with Gasteiger partial charge in [-0.3, -0.25) is 0 Å². The van der Waals surface area contributed by atoms with E-state index in [1.807, 2.05) is 25.2 Å². The Morgan fingerprint density at radius 2 is 1.85 bits per heavy atom. The molecule has 0 bridgehead atoms. The Morgan fingerprint density at radius 3 is 2.40 bits per heavy atom. The molecule has 0 unspecified atom stereocenters. The third kappa shape index (κ3) is 4.61. The van der Waals surface area contributed by atoms with Crippen LogP contribution in [0.1, 0.15) is 45.7 Å². The van der Waals surface area contributed by atoms with E-state index in [2.05, 4.69) is 58.5 Å². The van der Waals surface area contributed by atoms with Gasteiger partial charge in [0.15, 0.2) is 0 Å². The molecule has 0 aliphatic carbocycles. The van der Waals surface area contributed by atoms with Crippen LogP contribution >= 0.6 is 12.6 Å². The fraction of sp³-hybridized carbons (Fsp3) is 0.333. The number of allylic oxidation sites excluding steroid dienone is 5. The molecule has 108 valence electrons. The molecule has 0 saturated heterocycles. The molecule has 0 fully saturated rings. The van der Waals surface area contributed by atoms with E-state index in [1.54, 1.807) is 0 Å². The fourth-order valence-corrected chi connectivity index (χ4v) is 2.34. The number of thiol groups is 1. The van der Waals surface area contributed by atoms with E-state index in [0.29, 0.717) is 0 Å². The zero-order valence-electron chi connectivity index (χ0n) is 12.9. The van der Waals surface area contributed by atoms with Crippen molar-refractivity contribution in [1.82, 2.24) is 0 Å². The second-order valence-corrected chi connectivity index (χ2v) is 6.55. The highest BCUT2D eigenvalue weighted by atomic mass is 32.1. The van der Waals surface area contributed by atoms with E-state index >= 15 is 0 Å². The molecule has 0 aliphatic heterocycles. The minimum Gasteiger partial charge on any atom is -0.515 e. The summed E-state index contributed by atoms with van der Waals surface area (Å²) >= 11 is 4.55. The van der Waals surface area contributed by atoms with Crippen LogP contribution in [0.4, 0.5) is 0 Å². The van der Waals surface area contributed by atoms with Crippen LogP contribution in [0.5, 0.6) is 0 Å². The maximum atomic E-state index is 8.83. The number of benzene rings is 1. The summed E-state index contributed by atoms with van der Waals surface area (Å²) in [6, 6.07) is 6.35. The van der Waals surface area contributed by atoms with Crippen molar-refractivity contribution in [2.75, 3.05) is 0 Å². The Morgan fingerprint density at radius 1 is 1.20 bits per heavy atom. The highest BCUT2D eigenvalue weighted by Crippen LogP contribution is 2.30. The van der Waals surface area contributed by atoms with Crippen LogP contribution in [0.3, 0.4) is 0 Å². The third-order valence-corrected chi connectivity index (χ3v) is 3.56. The second kappa shape index (κ2) is 6.85. The normalized spacial score (nSPS) is 14.1. The molecule has 1 aromatic rings. The molecule has 1 aromatic carbocycles. The molecule has 1 nitrogen and oxygen atoms in total. The molecule has 1 rings (SSSR count). The number of aliphatic hydroxyl groups excluding tert-OH is 1. The van der Waals surface area contributed by atoms with Gasteiger partial charge in [0.2, 0.25) is 0 Å². The molecule has 0 aromatic heterocycles. The Kier molecular flexibility index (Phi) is 5.70. The minimum absolute atomic E-state index is 0.0828. The van der Waals surface area contributed by atoms with E-state index in [4.69, 9.17) is 5.11 Å². The molecular formula is C18H24OS. The van der Waals surface area contributed by atoms with E-state index < -0.39 is 0 Å². The zero-order chi connectivity index (χ0) is 15.3. The number of aliphatic hydroxyl groups is 1. The summed E-state index contributed by atoms with van der Waals surface area (Å²) in [5.41, 5.74) is 4.55. The lowest BCUT2D eigenvalue weighted by atomic mass is 9.85. The SMILES string of the molecule is CC(/C=C/C=C(\C)c1ccc(S)c(C(C)(C)C)c1)=C\O. The summed E-state index contributed by atoms with van der Waals surface area (Å²) in [5, 5.41) is 8.83. The van der Waals surface area contributed by atoms with Crippen LogP contribution in [0, 0.1) is 0 Å². The first kappa shape index (κ1) is 16.6. The molecular weight excluding hydrogens is 264 g/mol. The Hall–Kier alpha value is -1.41. The van der Waals surface area contributed by atoms with Gasteiger partial charge in [0.05, 0.1) is 6.26 Å². The number of hydrogen-bond acceptors (Lipinski definition) is 2. The maximum Gasteiger partial charge on any atom is 0.0820 e. The Bertz CT molecular complexity index is 557. The van der Waals surface area contributed by atoms with E-state index in [0.717, 1.165) is 16.7 Å². The molecule has 0 amide bonds. The van der Waals surface area contributed by atoms with Crippen molar-refractivity contribution in [2.24, 2.45) is 0 Å². The molecule has 0 radical (unpaired) electrons. The van der Waals surface area contributed by atoms with E-state index in [1.165, 1.54) is 16.7 Å². The lowest BCUT2D eigenvalue weighted by Gasteiger charge is -2.22. The third-order valence-electron chi connectivity index (χ3n) is 3.17. The van der Waals surface area contributed by atoms with Crippen LogP contribution < -0.4 is 0 Å². The molecule has 0 aliphatic rings. The average molecular weight is 288 g/mol. The van der Waals surface area contributed by atoms with Gasteiger partial charge in [-0.25, -0.2) is 0 Å². The van der Waals surface area contributed by atoms with Gasteiger partial charge < -0.3 is 5.11 Å². The second-order valence-electron chi connectivity index (χ2n) is 6.06. The van der Waals surface area contributed by atoms with Crippen LogP contribution in [0.2, 0.25) is 0 Å². The predicted octanol–water partition coefficient (Wildman–Crippen LogP) is 5.69. The summed E-state index contributed by atoms with van der Waals surface area (Å²) in [5.74, 6) is 0. The van der Waals surface area contributed by atoms with Crippen molar-refractivity contribution in [3.63, 3.8) is 0 Å². The average Bonchev–Trinajstić information content (AvgIpc) is 2.37. The highest BCUT2D eigenvalue weighted by Gasteiger charge is 2.17. The van der Waals surface area contributed by atoms with Gasteiger partial charge in [-0.1, -0.05) is 45.1 Å². The van der Waals surface area contributed by atoms with Crippen molar-refractivity contribution < 1.29 is 5.11 Å². The zero-order valence-corrected chi connectivity index (χ0v) is 13.8. The fourth-order valence-electron chi connectivity index (χ4n) is 1.87. The van der Waals surface area contributed by atoms with Gasteiger partial charge in [0.25, 0.3) is 0 Å². The van der Waals surface area contributed by atoms with E-state index in [9.17, 15) is 0 Å². The number of hydrogen-bond donors (Lipinski definition) is 2. The Balaban J connectivity index is 3.09. The van der Waals surface area contributed by atoms with Crippen molar-refractivity contribution in [3.8, 4) is 0 Å². The monoisotopic (exact) mass is 288 g/mol. The van der Waals surface area contributed by atoms with Crippen molar-refractivity contribution in [2.45, 2.75) is 44.9 Å². The molecule has 0 saturated carbocycles. The standard InChI is InChI=1S/C18H24OS/c1-13(12-19)7-6-8-14(2)15-9-10-17(20)16(11-15)18(3,4)5/h6-12,19-20H,1-5H3/b7-6+,13-12+,14-8+. The summed E-state index contributed by atoms with van der Waals surface area (Å²) < 4.78 is 0. The first-order valence-electron chi connectivity index (χ1n) is 6.75. The highest BCUT2D eigenvalue weighted by molar-refractivity contribution is 7.80. The van der Waals surface area contributed by atoms with Gasteiger partial charge in [0.1, 0.15) is 0 Å². The van der Waals surface area contributed by atoms with Crippen LogP contribution in [-0.2, 0) is 5.41 Å². The van der Waals surface area contributed by atoms with Gasteiger partial charge in [0, 0.05) is 4.90 Å². The lowest BCUT2D eigenvalue weighted by Crippen LogP contribution is -2.12. The van der Waals surface area contributed by atoms with Gasteiger partial charge in [-0.2, -0.15) is 0 Å². The number of rotatable bonds is 3. The van der Waals surface area contributed by atoms with Gasteiger partial charge in [-0.05, 0) is 53.7 Å². The first-order chi connectivity index (χ1) is 9.25. The quantitative estimate of drug-likeness (QED) is 0.415. The summed E-state index contributed by atoms with van der Waals surface area (Å²) in [6.45, 7) is 10.5. The largest absolute Gasteiger partial charge is 0.515 e. The van der Waals surface area contributed by atoms with Gasteiger partial charge in [-0.15, -0.1) is 12.6 Å². The van der Waals surface area contributed by atoms with Crippen LogP contribution in [-0.4, -0.2) is 5.11 Å². The first-order valence-corrected chi connectivity index (χ1v) is 7.20. The summed E-state index contributed by atoms with van der Waals surface area (Å²) in [6.07, 6.45) is 6.98. The van der Waals surface area contributed by atoms with Crippen molar-refractivity contribution in [3.05, 3.63) is 59.4 Å². The summed E-state index contributed by atoms with van der Waals surface area (Å²) in [7, 11) is 0. The van der Waals surface area contributed by atoms with E-state index in [-0.39, 0.29) is 5.41 Å². The molecule has 0 heterocycles. The molecule has 0 atom stereocenters. The van der Waals surface area contributed by atoms with Crippen molar-refractivity contribution in [1.29, 1.82) is 0 Å². The minimum atomic E-state index is 0.0828. The molecule has 0 spiro atoms. The molecule has 1 N–H and O–H groups in total. The van der Waals surface area contributed by atoms with Crippen LogP contribution in [0.15, 0.2) is 53.2 Å². The van der Waals surface area contributed by atoms with Crippen LogP contribution in [0.25, 0.3) is 5.57 Å². The summed E-state index contributed by atoms with van der Waals surface area (Å²) in [4.78, 5) is 1.03. The Labute approximate surface area is 128 Å². The topological polar surface area (TPSA) is 20.2 Å². The lowest BCUT2D eigenvalue weighted by molar-refractivity contribution is 0.469. The molecule has 2 heteroatoms. The maximum absolute atomic E-state index is 8.83. The smallest absolute Gasteiger partial charge is 0.0820 e. The van der Waals surface area contributed by atoms with Crippen molar-refractivity contribution >= 4 is 18.2 Å².